The first-order valence-corrected chi connectivity index (χ1v) is 5.20. The topological polar surface area (TPSA) is 45.2 Å². The monoisotopic (exact) mass is 197 g/mol. The lowest BCUT2D eigenvalue weighted by Gasteiger charge is -2.26. The van der Waals surface area contributed by atoms with Crippen molar-refractivity contribution in [1.82, 2.24) is 15.2 Å². The fourth-order valence-corrected chi connectivity index (χ4v) is 1.87. The van der Waals surface area contributed by atoms with E-state index < -0.39 is 0 Å². The summed E-state index contributed by atoms with van der Waals surface area (Å²) < 4.78 is 0. The highest BCUT2D eigenvalue weighted by Gasteiger charge is 2.18. The van der Waals surface area contributed by atoms with Gasteiger partial charge in [0.1, 0.15) is 5.69 Å². The summed E-state index contributed by atoms with van der Waals surface area (Å²) in [7, 11) is 0. The molecule has 0 atom stereocenters. The van der Waals surface area contributed by atoms with Gasteiger partial charge in [-0.1, -0.05) is 0 Å². The minimum absolute atomic E-state index is 0.0581. The van der Waals surface area contributed by atoms with Gasteiger partial charge in [0.15, 0.2) is 0 Å². The fraction of sp³-hybridized carbons (Fsp3) is 0.500. The average Bonchev–Trinajstić information content (AvgIpc) is 2.71. The first kappa shape index (κ1) is 8.65. The van der Waals surface area contributed by atoms with Gasteiger partial charge in [-0.05, 0) is 0 Å². The molecule has 1 fully saturated rings. The zero-order chi connectivity index (χ0) is 9.10. The number of aromatic nitrogens is 1. The van der Waals surface area contributed by atoms with E-state index in [1.807, 2.05) is 4.90 Å². The largest absolute Gasteiger partial charge is 0.335 e. The van der Waals surface area contributed by atoms with E-state index in [9.17, 15) is 4.79 Å². The van der Waals surface area contributed by atoms with Gasteiger partial charge in [-0.3, -0.25) is 4.79 Å². The van der Waals surface area contributed by atoms with Crippen LogP contribution in [0.5, 0.6) is 0 Å². The van der Waals surface area contributed by atoms with Gasteiger partial charge in [0.05, 0.1) is 5.51 Å². The van der Waals surface area contributed by atoms with E-state index in [2.05, 4.69) is 10.3 Å². The van der Waals surface area contributed by atoms with Crippen molar-refractivity contribution >= 4 is 17.2 Å². The summed E-state index contributed by atoms with van der Waals surface area (Å²) in [5, 5.41) is 5.00. The molecule has 0 unspecified atom stereocenters. The predicted octanol–water partition coefficient (Wildman–Crippen LogP) is 0.188. The smallest absolute Gasteiger partial charge is 0.273 e. The molecule has 4 nitrogen and oxygen atoms in total. The quantitative estimate of drug-likeness (QED) is 0.699. The molecule has 1 saturated heterocycles. The molecule has 0 aliphatic carbocycles. The highest BCUT2D eigenvalue weighted by Crippen LogP contribution is 2.06. The number of hydrogen-bond acceptors (Lipinski definition) is 4. The Hall–Kier alpha value is -0.940. The Morgan fingerprint density at radius 3 is 2.92 bits per heavy atom. The SMILES string of the molecule is O=C(c1cscn1)N1CCNCC1. The Morgan fingerprint density at radius 2 is 2.31 bits per heavy atom. The molecule has 0 radical (unpaired) electrons. The lowest BCUT2D eigenvalue weighted by Crippen LogP contribution is -2.46. The third-order valence-electron chi connectivity index (χ3n) is 2.06. The molecule has 2 heterocycles. The van der Waals surface area contributed by atoms with Gasteiger partial charge in [-0.2, -0.15) is 0 Å². The molecule has 0 bridgehead atoms. The number of amides is 1. The minimum atomic E-state index is 0.0581. The molecule has 13 heavy (non-hydrogen) atoms. The second kappa shape index (κ2) is 3.85. The summed E-state index contributed by atoms with van der Waals surface area (Å²) in [4.78, 5) is 17.5. The molecular weight excluding hydrogens is 186 g/mol. The van der Waals surface area contributed by atoms with Gasteiger partial charge < -0.3 is 10.2 Å². The number of carbonyl (C=O) groups is 1. The van der Waals surface area contributed by atoms with Crippen LogP contribution in [-0.4, -0.2) is 42.0 Å². The molecule has 1 aliphatic heterocycles. The van der Waals surface area contributed by atoms with Crippen LogP contribution in [0.25, 0.3) is 0 Å². The molecule has 1 aromatic rings. The summed E-state index contributed by atoms with van der Waals surface area (Å²) in [6.45, 7) is 3.35. The number of piperazine rings is 1. The van der Waals surface area contributed by atoms with Crippen molar-refractivity contribution in [2.45, 2.75) is 0 Å². The molecule has 1 aliphatic rings. The second-order valence-electron chi connectivity index (χ2n) is 2.92. The van der Waals surface area contributed by atoms with E-state index in [1.165, 1.54) is 11.3 Å². The van der Waals surface area contributed by atoms with Crippen molar-refractivity contribution < 1.29 is 4.79 Å². The zero-order valence-electron chi connectivity index (χ0n) is 7.19. The highest BCUT2D eigenvalue weighted by molar-refractivity contribution is 7.07. The number of rotatable bonds is 1. The van der Waals surface area contributed by atoms with Crippen molar-refractivity contribution in [1.29, 1.82) is 0 Å². The standard InChI is InChI=1S/C8H11N3OS/c12-8(7-5-13-6-10-7)11-3-1-9-2-4-11/h5-6,9H,1-4H2. The molecule has 70 valence electrons. The molecular formula is C8H11N3OS. The van der Waals surface area contributed by atoms with Crippen molar-refractivity contribution in [2.75, 3.05) is 26.2 Å². The Balaban J connectivity index is 2.04. The van der Waals surface area contributed by atoms with Crippen molar-refractivity contribution in [3.63, 3.8) is 0 Å². The average molecular weight is 197 g/mol. The zero-order valence-corrected chi connectivity index (χ0v) is 8.01. The summed E-state index contributed by atoms with van der Waals surface area (Å²) in [6.07, 6.45) is 0. The third kappa shape index (κ3) is 1.87. The van der Waals surface area contributed by atoms with E-state index in [4.69, 9.17) is 0 Å². The predicted molar refractivity (Wildman–Crippen MR) is 50.9 cm³/mol. The van der Waals surface area contributed by atoms with E-state index >= 15 is 0 Å². The van der Waals surface area contributed by atoms with Crippen molar-refractivity contribution in [2.24, 2.45) is 0 Å². The Bertz CT molecular complexity index is 280. The van der Waals surface area contributed by atoms with E-state index in [0.717, 1.165) is 26.2 Å². The lowest BCUT2D eigenvalue weighted by atomic mass is 10.3. The van der Waals surface area contributed by atoms with Crippen LogP contribution < -0.4 is 5.32 Å². The maximum atomic E-state index is 11.7. The summed E-state index contributed by atoms with van der Waals surface area (Å²) in [5.41, 5.74) is 2.27. The molecule has 5 heteroatoms. The van der Waals surface area contributed by atoms with E-state index in [1.54, 1.807) is 10.9 Å². The molecule has 2 rings (SSSR count). The first-order valence-electron chi connectivity index (χ1n) is 4.26. The number of nitrogens with one attached hydrogen (secondary N) is 1. The number of thiazole rings is 1. The van der Waals surface area contributed by atoms with Crippen LogP contribution >= 0.6 is 11.3 Å². The van der Waals surface area contributed by atoms with Crippen LogP contribution in [0.15, 0.2) is 10.9 Å². The van der Waals surface area contributed by atoms with Crippen LogP contribution in [0, 0.1) is 0 Å². The Morgan fingerprint density at radius 1 is 1.54 bits per heavy atom. The maximum Gasteiger partial charge on any atom is 0.273 e. The van der Waals surface area contributed by atoms with Crippen LogP contribution in [0.1, 0.15) is 10.5 Å². The van der Waals surface area contributed by atoms with Gasteiger partial charge in [-0.15, -0.1) is 11.3 Å². The fourth-order valence-electron chi connectivity index (χ4n) is 1.35. The van der Waals surface area contributed by atoms with Crippen LogP contribution in [0.3, 0.4) is 0 Å². The lowest BCUT2D eigenvalue weighted by molar-refractivity contribution is 0.0730. The van der Waals surface area contributed by atoms with Crippen LogP contribution in [-0.2, 0) is 0 Å². The minimum Gasteiger partial charge on any atom is -0.335 e. The number of nitrogens with zero attached hydrogens (tertiary/aromatic N) is 2. The van der Waals surface area contributed by atoms with Gasteiger partial charge in [0.25, 0.3) is 5.91 Å². The summed E-state index contributed by atoms with van der Waals surface area (Å²) in [5.74, 6) is 0.0581. The molecule has 1 amide bonds. The van der Waals surface area contributed by atoms with Gasteiger partial charge in [-0.25, -0.2) is 4.98 Å². The Labute approximate surface area is 80.6 Å². The normalized spacial score (nSPS) is 17.4. The van der Waals surface area contributed by atoms with Crippen molar-refractivity contribution in [3.8, 4) is 0 Å². The van der Waals surface area contributed by atoms with Gasteiger partial charge >= 0.3 is 0 Å². The Kier molecular flexibility index (Phi) is 2.56. The summed E-state index contributed by atoms with van der Waals surface area (Å²) in [6, 6.07) is 0. The highest BCUT2D eigenvalue weighted by atomic mass is 32.1. The van der Waals surface area contributed by atoms with E-state index in [-0.39, 0.29) is 5.91 Å². The summed E-state index contributed by atoms with van der Waals surface area (Å²) >= 11 is 1.46. The van der Waals surface area contributed by atoms with Crippen LogP contribution in [0.2, 0.25) is 0 Å². The van der Waals surface area contributed by atoms with E-state index in [0.29, 0.717) is 5.69 Å². The molecule has 0 aromatic carbocycles. The maximum absolute atomic E-state index is 11.7. The third-order valence-corrected chi connectivity index (χ3v) is 2.64. The molecule has 0 spiro atoms. The number of hydrogen-bond donors (Lipinski definition) is 1. The molecule has 1 aromatic heterocycles. The van der Waals surface area contributed by atoms with Gasteiger partial charge in [0.2, 0.25) is 0 Å². The first-order chi connectivity index (χ1) is 6.38. The molecule has 0 saturated carbocycles. The molecule has 1 N–H and O–H groups in total. The van der Waals surface area contributed by atoms with Gasteiger partial charge in [0, 0.05) is 31.6 Å². The van der Waals surface area contributed by atoms with Crippen molar-refractivity contribution in [3.05, 3.63) is 16.6 Å². The second-order valence-corrected chi connectivity index (χ2v) is 3.63. The van der Waals surface area contributed by atoms with Crippen LogP contribution in [0.4, 0.5) is 0 Å². The number of carbonyl (C=O) groups excluding carboxylic acids is 1.